The summed E-state index contributed by atoms with van der Waals surface area (Å²) in [6.07, 6.45) is -0.401. The van der Waals surface area contributed by atoms with Gasteiger partial charge in [0.15, 0.2) is 0 Å². The SMILES string of the molecule is Cc1ccc(S(=O)(=O)N2CCCO[C@H]2CNC(=O)C(=O)NCc2ccc(F)cc2)cc1. The zero-order chi connectivity index (χ0) is 22.4. The van der Waals surface area contributed by atoms with Crippen molar-refractivity contribution in [3.8, 4) is 0 Å². The second kappa shape index (κ2) is 9.99. The molecule has 0 unspecified atom stereocenters. The number of nitrogens with one attached hydrogen (secondary N) is 2. The van der Waals surface area contributed by atoms with Crippen LogP contribution < -0.4 is 10.6 Å². The van der Waals surface area contributed by atoms with Crippen LogP contribution in [0.3, 0.4) is 0 Å². The molecule has 0 aliphatic carbocycles. The molecule has 31 heavy (non-hydrogen) atoms. The van der Waals surface area contributed by atoms with Crippen molar-refractivity contribution < 1.29 is 27.1 Å². The van der Waals surface area contributed by atoms with Gasteiger partial charge in [0.25, 0.3) is 0 Å². The number of halogens is 1. The molecule has 2 aromatic rings. The second-order valence-electron chi connectivity index (χ2n) is 7.13. The fourth-order valence-electron chi connectivity index (χ4n) is 3.07. The lowest BCUT2D eigenvalue weighted by atomic mass is 10.2. The highest BCUT2D eigenvalue weighted by atomic mass is 32.2. The Bertz CT molecular complexity index is 1030. The summed E-state index contributed by atoms with van der Waals surface area (Å²) in [5.41, 5.74) is 1.57. The minimum atomic E-state index is -3.82. The molecule has 2 N–H and O–H groups in total. The molecule has 1 heterocycles. The molecule has 2 aromatic carbocycles. The fourth-order valence-corrected chi connectivity index (χ4v) is 4.64. The molecule has 1 fully saturated rings. The minimum Gasteiger partial charge on any atom is -0.360 e. The summed E-state index contributed by atoms with van der Waals surface area (Å²) in [6, 6.07) is 12.0. The first kappa shape index (κ1) is 22.9. The highest BCUT2D eigenvalue weighted by Crippen LogP contribution is 2.22. The van der Waals surface area contributed by atoms with E-state index in [1.165, 1.54) is 40.7 Å². The summed E-state index contributed by atoms with van der Waals surface area (Å²) < 4.78 is 45.7. The van der Waals surface area contributed by atoms with Crippen LogP contribution in [0.1, 0.15) is 17.5 Å². The largest absolute Gasteiger partial charge is 0.360 e. The fraction of sp³-hybridized carbons (Fsp3) is 0.333. The van der Waals surface area contributed by atoms with E-state index in [-0.39, 0.29) is 24.5 Å². The molecule has 1 saturated heterocycles. The number of nitrogens with zero attached hydrogens (tertiary/aromatic N) is 1. The van der Waals surface area contributed by atoms with Gasteiger partial charge in [0.2, 0.25) is 10.0 Å². The van der Waals surface area contributed by atoms with Crippen LogP contribution in [0.15, 0.2) is 53.4 Å². The quantitative estimate of drug-likeness (QED) is 0.647. The van der Waals surface area contributed by atoms with Crippen LogP contribution in [0.4, 0.5) is 4.39 Å². The molecule has 166 valence electrons. The van der Waals surface area contributed by atoms with Gasteiger partial charge >= 0.3 is 11.8 Å². The summed E-state index contributed by atoms with van der Waals surface area (Å²) in [5, 5.41) is 4.85. The Hall–Kier alpha value is -2.82. The van der Waals surface area contributed by atoms with Crippen molar-refractivity contribution in [2.45, 2.75) is 31.0 Å². The molecular formula is C21H24FN3O5S. The Morgan fingerprint density at radius 2 is 1.71 bits per heavy atom. The lowest BCUT2D eigenvalue weighted by Gasteiger charge is -2.34. The van der Waals surface area contributed by atoms with Gasteiger partial charge in [-0.25, -0.2) is 12.8 Å². The van der Waals surface area contributed by atoms with Crippen LogP contribution in [0.25, 0.3) is 0 Å². The van der Waals surface area contributed by atoms with E-state index in [1.54, 1.807) is 12.1 Å². The first-order valence-corrected chi connectivity index (χ1v) is 11.2. The number of sulfonamides is 1. The molecular weight excluding hydrogens is 425 g/mol. The summed E-state index contributed by atoms with van der Waals surface area (Å²) in [4.78, 5) is 24.3. The molecule has 0 aromatic heterocycles. The molecule has 1 atom stereocenters. The van der Waals surface area contributed by atoms with Crippen molar-refractivity contribution in [3.05, 3.63) is 65.5 Å². The van der Waals surface area contributed by atoms with E-state index in [0.29, 0.717) is 18.6 Å². The number of ether oxygens (including phenoxy) is 1. The van der Waals surface area contributed by atoms with Gasteiger partial charge in [0, 0.05) is 13.1 Å². The minimum absolute atomic E-state index is 0.0559. The van der Waals surface area contributed by atoms with Crippen molar-refractivity contribution in [3.63, 3.8) is 0 Å². The number of carbonyl (C=O) groups is 2. The van der Waals surface area contributed by atoms with Gasteiger partial charge in [-0.05, 0) is 43.2 Å². The maximum absolute atomic E-state index is 13.0. The van der Waals surface area contributed by atoms with E-state index in [0.717, 1.165) is 5.56 Å². The molecule has 1 aliphatic heterocycles. The van der Waals surface area contributed by atoms with E-state index in [4.69, 9.17) is 4.74 Å². The highest BCUT2D eigenvalue weighted by Gasteiger charge is 2.34. The monoisotopic (exact) mass is 449 g/mol. The zero-order valence-electron chi connectivity index (χ0n) is 17.0. The Morgan fingerprint density at radius 1 is 1.06 bits per heavy atom. The van der Waals surface area contributed by atoms with Crippen molar-refractivity contribution >= 4 is 21.8 Å². The van der Waals surface area contributed by atoms with Crippen LogP contribution >= 0.6 is 0 Å². The van der Waals surface area contributed by atoms with Crippen LogP contribution in [-0.4, -0.2) is 50.5 Å². The number of amides is 2. The highest BCUT2D eigenvalue weighted by molar-refractivity contribution is 7.89. The molecule has 0 radical (unpaired) electrons. The van der Waals surface area contributed by atoms with Gasteiger partial charge in [-0.1, -0.05) is 29.8 Å². The number of hydrogen-bond acceptors (Lipinski definition) is 5. The third kappa shape index (κ3) is 5.87. The summed E-state index contributed by atoms with van der Waals surface area (Å²) in [7, 11) is -3.82. The maximum atomic E-state index is 13.0. The standard InChI is InChI=1S/C21H24FN3O5S/c1-15-3-9-18(10-4-15)31(28,29)25-11-2-12-30-19(25)14-24-21(27)20(26)23-13-16-5-7-17(22)8-6-16/h3-10,19H,2,11-14H2,1H3,(H,23,26)(H,24,27)/t19-/m0/s1. The van der Waals surface area contributed by atoms with Crippen molar-refractivity contribution in [2.24, 2.45) is 0 Å². The van der Waals surface area contributed by atoms with Gasteiger partial charge in [-0.3, -0.25) is 9.59 Å². The van der Waals surface area contributed by atoms with E-state index < -0.39 is 33.9 Å². The first-order chi connectivity index (χ1) is 14.8. The Morgan fingerprint density at radius 3 is 2.39 bits per heavy atom. The normalized spacial score (nSPS) is 17.2. The Kier molecular flexibility index (Phi) is 7.37. The second-order valence-corrected chi connectivity index (χ2v) is 9.02. The van der Waals surface area contributed by atoms with Crippen LogP contribution in [-0.2, 0) is 30.9 Å². The van der Waals surface area contributed by atoms with Crippen LogP contribution in [0.5, 0.6) is 0 Å². The number of carbonyl (C=O) groups excluding carboxylic acids is 2. The third-order valence-corrected chi connectivity index (χ3v) is 6.69. The predicted molar refractivity (Wildman–Crippen MR) is 111 cm³/mol. The number of aryl methyl sites for hydroxylation is 1. The molecule has 2 amide bonds. The molecule has 0 spiro atoms. The average Bonchev–Trinajstić information content (AvgIpc) is 2.77. The molecule has 1 aliphatic rings. The molecule has 10 heteroatoms. The van der Waals surface area contributed by atoms with E-state index in [2.05, 4.69) is 10.6 Å². The third-order valence-electron chi connectivity index (χ3n) is 4.79. The number of benzene rings is 2. The van der Waals surface area contributed by atoms with Crippen molar-refractivity contribution in [1.29, 1.82) is 0 Å². The van der Waals surface area contributed by atoms with E-state index >= 15 is 0 Å². The lowest BCUT2D eigenvalue weighted by Crippen LogP contribution is -2.53. The smallest absolute Gasteiger partial charge is 0.309 e. The number of rotatable bonds is 6. The maximum Gasteiger partial charge on any atom is 0.309 e. The van der Waals surface area contributed by atoms with Gasteiger partial charge in [-0.15, -0.1) is 0 Å². The van der Waals surface area contributed by atoms with Gasteiger partial charge in [-0.2, -0.15) is 4.31 Å². The first-order valence-electron chi connectivity index (χ1n) is 9.78. The van der Waals surface area contributed by atoms with E-state index in [1.807, 2.05) is 6.92 Å². The van der Waals surface area contributed by atoms with Crippen LogP contribution in [0.2, 0.25) is 0 Å². The van der Waals surface area contributed by atoms with Crippen molar-refractivity contribution in [2.75, 3.05) is 19.7 Å². The average molecular weight is 450 g/mol. The zero-order valence-corrected chi connectivity index (χ0v) is 17.8. The topological polar surface area (TPSA) is 105 Å². The van der Waals surface area contributed by atoms with Crippen LogP contribution in [0, 0.1) is 12.7 Å². The summed E-state index contributed by atoms with van der Waals surface area (Å²) >= 11 is 0. The number of hydrogen-bond donors (Lipinski definition) is 2. The Balaban J connectivity index is 1.58. The van der Waals surface area contributed by atoms with Gasteiger partial charge < -0.3 is 15.4 Å². The molecule has 0 saturated carbocycles. The van der Waals surface area contributed by atoms with E-state index in [9.17, 15) is 22.4 Å². The van der Waals surface area contributed by atoms with Gasteiger partial charge in [0.1, 0.15) is 12.0 Å². The summed E-state index contributed by atoms with van der Waals surface area (Å²) in [6.45, 7) is 2.33. The predicted octanol–water partition coefficient (Wildman–Crippen LogP) is 1.30. The Labute approximate surface area is 180 Å². The lowest BCUT2D eigenvalue weighted by molar-refractivity contribution is -0.140. The van der Waals surface area contributed by atoms with Gasteiger partial charge in [0.05, 0.1) is 18.0 Å². The van der Waals surface area contributed by atoms with Crippen molar-refractivity contribution in [1.82, 2.24) is 14.9 Å². The molecule has 3 rings (SSSR count). The summed E-state index contributed by atoms with van der Waals surface area (Å²) in [5.74, 6) is -2.19. The molecule has 8 nitrogen and oxygen atoms in total. The molecule has 0 bridgehead atoms.